The van der Waals surface area contributed by atoms with Crippen LogP contribution in [0.2, 0.25) is 0 Å². The number of esters is 1. The van der Waals surface area contributed by atoms with E-state index in [9.17, 15) is 9.90 Å². The summed E-state index contributed by atoms with van der Waals surface area (Å²) in [5, 5.41) is 12.7. The molecule has 1 aromatic carbocycles. The van der Waals surface area contributed by atoms with Crippen LogP contribution in [0.4, 0.5) is 5.69 Å². The summed E-state index contributed by atoms with van der Waals surface area (Å²) in [4.78, 5) is 11.1. The predicted molar refractivity (Wildman–Crippen MR) is 57.6 cm³/mol. The third-order valence-electron chi connectivity index (χ3n) is 2.04. The lowest BCUT2D eigenvalue weighted by Gasteiger charge is -2.21. The number of ether oxygens (including phenoxy) is 1. The molecule has 1 rings (SSSR count). The maximum absolute atomic E-state index is 11.1. The number of rotatable bonds is 4. The normalized spacial score (nSPS) is 14.1. The molecule has 0 spiro atoms. The van der Waals surface area contributed by atoms with Crippen LogP contribution in [-0.4, -0.2) is 30.3 Å². The van der Waals surface area contributed by atoms with Gasteiger partial charge in [0, 0.05) is 5.69 Å². The topological polar surface area (TPSA) is 58.6 Å². The second kappa shape index (κ2) is 4.79. The van der Waals surface area contributed by atoms with Gasteiger partial charge >= 0.3 is 5.97 Å². The Labute approximate surface area is 88.9 Å². The van der Waals surface area contributed by atoms with Gasteiger partial charge in [-0.2, -0.15) is 0 Å². The molecule has 0 aromatic heterocycles. The molecule has 0 bridgehead atoms. The fourth-order valence-electron chi connectivity index (χ4n) is 1.12. The molecule has 4 heteroatoms. The van der Waals surface area contributed by atoms with Crippen molar-refractivity contribution in [1.29, 1.82) is 0 Å². The van der Waals surface area contributed by atoms with Crippen LogP contribution in [0, 0.1) is 0 Å². The molecular formula is C11H15NO3. The number of carbonyl (C=O) groups excluding carboxylic acids is 1. The molecule has 0 saturated heterocycles. The average Bonchev–Trinajstić information content (AvgIpc) is 2.27. The molecule has 1 unspecified atom stereocenters. The van der Waals surface area contributed by atoms with E-state index >= 15 is 0 Å². The highest BCUT2D eigenvalue weighted by Crippen LogP contribution is 2.10. The van der Waals surface area contributed by atoms with Crippen molar-refractivity contribution in [3.05, 3.63) is 30.3 Å². The second-order valence-corrected chi connectivity index (χ2v) is 3.49. The zero-order valence-corrected chi connectivity index (χ0v) is 8.86. The molecule has 1 aromatic rings. The Balaban J connectivity index is 2.53. The first-order chi connectivity index (χ1) is 7.06. The van der Waals surface area contributed by atoms with Gasteiger partial charge in [0.1, 0.15) is 0 Å². The molecule has 0 aliphatic carbocycles. The Bertz CT molecular complexity index is 322. The Hall–Kier alpha value is -1.55. The maximum Gasteiger partial charge on any atom is 0.339 e. The minimum Gasteiger partial charge on any atom is -0.467 e. The van der Waals surface area contributed by atoms with Crippen LogP contribution in [0.5, 0.6) is 0 Å². The largest absolute Gasteiger partial charge is 0.467 e. The second-order valence-electron chi connectivity index (χ2n) is 3.49. The molecule has 0 saturated carbocycles. The number of aliphatic hydroxyl groups is 1. The van der Waals surface area contributed by atoms with Gasteiger partial charge in [0.2, 0.25) is 0 Å². The van der Waals surface area contributed by atoms with Crippen molar-refractivity contribution in [3.8, 4) is 0 Å². The number of anilines is 1. The summed E-state index contributed by atoms with van der Waals surface area (Å²) < 4.78 is 4.47. The third-order valence-corrected chi connectivity index (χ3v) is 2.04. The molecule has 0 amide bonds. The zero-order chi connectivity index (χ0) is 11.3. The van der Waals surface area contributed by atoms with E-state index < -0.39 is 11.6 Å². The summed E-state index contributed by atoms with van der Waals surface area (Å²) in [6.45, 7) is 1.53. The number of methoxy groups -OCH3 is 1. The number of nitrogens with one attached hydrogen (secondary N) is 1. The van der Waals surface area contributed by atoms with Crippen molar-refractivity contribution in [2.75, 3.05) is 19.0 Å². The minimum atomic E-state index is -1.51. The van der Waals surface area contributed by atoms with Crippen molar-refractivity contribution in [3.63, 3.8) is 0 Å². The lowest BCUT2D eigenvalue weighted by molar-refractivity contribution is -0.158. The highest BCUT2D eigenvalue weighted by Gasteiger charge is 2.30. The Kier molecular flexibility index (Phi) is 3.68. The van der Waals surface area contributed by atoms with E-state index in [-0.39, 0.29) is 6.54 Å². The van der Waals surface area contributed by atoms with Crippen LogP contribution in [0.25, 0.3) is 0 Å². The van der Waals surface area contributed by atoms with Gasteiger partial charge in [-0.05, 0) is 19.1 Å². The Morgan fingerprint density at radius 1 is 1.47 bits per heavy atom. The fourth-order valence-corrected chi connectivity index (χ4v) is 1.12. The number of carbonyl (C=O) groups is 1. The van der Waals surface area contributed by atoms with Gasteiger partial charge in [0.05, 0.1) is 13.7 Å². The van der Waals surface area contributed by atoms with Crippen LogP contribution in [0.1, 0.15) is 6.92 Å². The Morgan fingerprint density at radius 2 is 2.07 bits per heavy atom. The monoisotopic (exact) mass is 209 g/mol. The minimum absolute atomic E-state index is 0.115. The summed E-state index contributed by atoms with van der Waals surface area (Å²) in [6.07, 6.45) is 0. The van der Waals surface area contributed by atoms with E-state index in [0.29, 0.717) is 0 Å². The van der Waals surface area contributed by atoms with E-state index in [4.69, 9.17) is 0 Å². The summed E-state index contributed by atoms with van der Waals surface area (Å²) in [5.74, 6) is -0.647. The highest BCUT2D eigenvalue weighted by molar-refractivity contribution is 5.79. The van der Waals surface area contributed by atoms with Crippen LogP contribution in [-0.2, 0) is 9.53 Å². The lowest BCUT2D eigenvalue weighted by atomic mass is 10.1. The van der Waals surface area contributed by atoms with Crippen molar-refractivity contribution >= 4 is 11.7 Å². The van der Waals surface area contributed by atoms with Crippen molar-refractivity contribution in [2.24, 2.45) is 0 Å². The van der Waals surface area contributed by atoms with Gasteiger partial charge < -0.3 is 15.2 Å². The molecule has 1 atom stereocenters. The zero-order valence-electron chi connectivity index (χ0n) is 8.86. The average molecular weight is 209 g/mol. The number of benzene rings is 1. The fraction of sp³-hybridized carbons (Fsp3) is 0.364. The van der Waals surface area contributed by atoms with Crippen LogP contribution in [0.15, 0.2) is 30.3 Å². The van der Waals surface area contributed by atoms with E-state index in [1.54, 1.807) is 0 Å². The molecule has 0 fully saturated rings. The first-order valence-corrected chi connectivity index (χ1v) is 4.66. The molecule has 82 valence electrons. The first kappa shape index (κ1) is 11.5. The number of para-hydroxylation sites is 1. The Morgan fingerprint density at radius 3 is 2.60 bits per heavy atom. The molecule has 0 aliphatic heterocycles. The molecule has 4 nitrogen and oxygen atoms in total. The van der Waals surface area contributed by atoms with Crippen molar-refractivity contribution in [2.45, 2.75) is 12.5 Å². The van der Waals surface area contributed by atoms with Gasteiger partial charge in [-0.15, -0.1) is 0 Å². The van der Waals surface area contributed by atoms with Gasteiger partial charge in [-0.1, -0.05) is 18.2 Å². The number of hydrogen-bond donors (Lipinski definition) is 2. The SMILES string of the molecule is COC(=O)C(C)(O)CNc1ccccc1. The van der Waals surface area contributed by atoms with Gasteiger partial charge in [-0.25, -0.2) is 4.79 Å². The smallest absolute Gasteiger partial charge is 0.339 e. The van der Waals surface area contributed by atoms with E-state index in [1.807, 2.05) is 30.3 Å². The summed E-state index contributed by atoms with van der Waals surface area (Å²) in [6, 6.07) is 9.34. The quantitative estimate of drug-likeness (QED) is 0.727. The summed E-state index contributed by atoms with van der Waals surface area (Å²) in [7, 11) is 1.25. The molecule has 2 N–H and O–H groups in total. The predicted octanol–water partition coefficient (Wildman–Crippen LogP) is 1.02. The van der Waals surface area contributed by atoms with Crippen LogP contribution >= 0.6 is 0 Å². The van der Waals surface area contributed by atoms with Crippen molar-refractivity contribution in [1.82, 2.24) is 0 Å². The van der Waals surface area contributed by atoms with Gasteiger partial charge in [0.15, 0.2) is 5.60 Å². The summed E-state index contributed by atoms with van der Waals surface area (Å²) >= 11 is 0. The summed E-state index contributed by atoms with van der Waals surface area (Å²) in [5.41, 5.74) is -0.661. The molecule has 0 aliphatic rings. The molecular weight excluding hydrogens is 194 g/mol. The lowest BCUT2D eigenvalue weighted by Crippen LogP contribution is -2.42. The molecule has 0 radical (unpaired) electrons. The maximum atomic E-state index is 11.1. The van der Waals surface area contributed by atoms with Gasteiger partial charge in [0.25, 0.3) is 0 Å². The van der Waals surface area contributed by atoms with Crippen molar-refractivity contribution < 1.29 is 14.6 Å². The van der Waals surface area contributed by atoms with E-state index in [0.717, 1.165) is 5.69 Å². The number of hydrogen-bond acceptors (Lipinski definition) is 4. The standard InChI is InChI=1S/C11H15NO3/c1-11(14,10(13)15-2)8-12-9-6-4-3-5-7-9/h3-7,12,14H,8H2,1-2H3. The molecule has 15 heavy (non-hydrogen) atoms. The van der Waals surface area contributed by atoms with Gasteiger partial charge in [-0.3, -0.25) is 0 Å². The van der Waals surface area contributed by atoms with Crippen LogP contribution < -0.4 is 5.32 Å². The molecule has 0 heterocycles. The first-order valence-electron chi connectivity index (χ1n) is 4.66. The van der Waals surface area contributed by atoms with E-state index in [1.165, 1.54) is 14.0 Å². The van der Waals surface area contributed by atoms with E-state index in [2.05, 4.69) is 10.1 Å². The third kappa shape index (κ3) is 3.25. The highest BCUT2D eigenvalue weighted by atomic mass is 16.5. The van der Waals surface area contributed by atoms with Crippen LogP contribution in [0.3, 0.4) is 0 Å².